The van der Waals surface area contributed by atoms with Crippen LogP contribution >= 0.6 is 0 Å². The number of rotatable bonds is 4. The summed E-state index contributed by atoms with van der Waals surface area (Å²) in [6.45, 7) is 5.06. The summed E-state index contributed by atoms with van der Waals surface area (Å²) < 4.78 is 3.11. The molecule has 136 valence electrons. The summed E-state index contributed by atoms with van der Waals surface area (Å²) in [4.78, 5) is 30.3. The first-order valence-electron chi connectivity index (χ1n) is 8.47. The zero-order chi connectivity index (χ0) is 18.3. The number of nitrogens with one attached hydrogen (secondary N) is 1. The van der Waals surface area contributed by atoms with Crippen LogP contribution in [0.1, 0.15) is 10.5 Å². The number of carbonyl (C=O) groups is 1. The molecule has 9 heteroatoms. The molecule has 0 bridgehead atoms. The molecule has 0 aliphatic carbocycles. The van der Waals surface area contributed by atoms with Crippen LogP contribution in [-0.2, 0) is 6.54 Å². The quantitative estimate of drug-likeness (QED) is 0.600. The van der Waals surface area contributed by atoms with Gasteiger partial charge in [-0.05, 0) is 12.1 Å². The molecule has 1 fully saturated rings. The molecule has 1 aliphatic heterocycles. The number of fused-ring (bicyclic) bond motifs is 3. The Hall–Kier alpha value is -2.91. The maximum absolute atomic E-state index is 12.6. The summed E-state index contributed by atoms with van der Waals surface area (Å²) in [5.74, 6) is -2.05. The van der Waals surface area contributed by atoms with Gasteiger partial charge < -0.3 is 20.1 Å². The average Bonchev–Trinajstić information content (AvgIpc) is 2.97. The Morgan fingerprint density at radius 2 is 1.85 bits per heavy atom. The number of carboxylic acid groups (broad SMARTS) is 1. The largest absolute Gasteiger partial charge is 0.501 e. The number of aromatic nitrogens is 3. The lowest BCUT2D eigenvalue weighted by Crippen LogP contribution is -2.44. The summed E-state index contributed by atoms with van der Waals surface area (Å²) >= 11 is 0. The van der Waals surface area contributed by atoms with Crippen molar-refractivity contribution < 1.29 is 15.0 Å². The molecule has 0 spiro atoms. The zero-order valence-corrected chi connectivity index (χ0v) is 14.1. The number of hydrogen-bond donors (Lipinski definition) is 3. The number of imidazole rings is 1. The van der Waals surface area contributed by atoms with E-state index in [2.05, 4.69) is 15.2 Å². The SMILES string of the molecule is O=C(O)c1nc2n(CCN3CCNCC3)c3ccccc3n2c(=O)c1O. The van der Waals surface area contributed by atoms with Gasteiger partial charge in [-0.3, -0.25) is 9.69 Å². The van der Waals surface area contributed by atoms with Gasteiger partial charge in [0.25, 0.3) is 0 Å². The Labute approximate surface area is 148 Å². The number of nitrogens with zero attached hydrogens (tertiary/aromatic N) is 4. The molecule has 1 saturated heterocycles. The molecule has 0 amide bonds. The van der Waals surface area contributed by atoms with E-state index >= 15 is 0 Å². The van der Waals surface area contributed by atoms with E-state index in [0.717, 1.165) is 38.2 Å². The topological polar surface area (TPSA) is 112 Å². The minimum atomic E-state index is -1.43. The van der Waals surface area contributed by atoms with Gasteiger partial charge in [-0.2, -0.15) is 0 Å². The maximum atomic E-state index is 12.6. The molecule has 0 saturated carbocycles. The number of aromatic hydroxyl groups is 1. The highest BCUT2D eigenvalue weighted by atomic mass is 16.4. The van der Waals surface area contributed by atoms with E-state index in [0.29, 0.717) is 12.1 Å². The fourth-order valence-corrected chi connectivity index (χ4v) is 3.43. The Morgan fingerprint density at radius 3 is 2.54 bits per heavy atom. The van der Waals surface area contributed by atoms with Crippen LogP contribution in [0.3, 0.4) is 0 Å². The molecular formula is C17H19N5O4. The summed E-state index contributed by atoms with van der Waals surface area (Å²) in [5, 5.41) is 22.5. The van der Waals surface area contributed by atoms with E-state index in [4.69, 9.17) is 0 Å². The fourth-order valence-electron chi connectivity index (χ4n) is 3.43. The lowest BCUT2D eigenvalue weighted by Gasteiger charge is -2.27. The van der Waals surface area contributed by atoms with Crippen molar-refractivity contribution in [3.8, 4) is 5.75 Å². The molecule has 1 aromatic carbocycles. The van der Waals surface area contributed by atoms with Crippen LogP contribution in [0.5, 0.6) is 5.75 Å². The van der Waals surface area contributed by atoms with Gasteiger partial charge in [0.05, 0.1) is 11.0 Å². The molecule has 26 heavy (non-hydrogen) atoms. The molecule has 3 N–H and O–H groups in total. The van der Waals surface area contributed by atoms with Gasteiger partial charge in [0.1, 0.15) is 0 Å². The zero-order valence-electron chi connectivity index (χ0n) is 14.1. The molecule has 1 aliphatic rings. The van der Waals surface area contributed by atoms with Crippen molar-refractivity contribution in [2.75, 3.05) is 32.7 Å². The number of piperazine rings is 1. The maximum Gasteiger partial charge on any atom is 0.358 e. The monoisotopic (exact) mass is 357 g/mol. The molecule has 3 heterocycles. The van der Waals surface area contributed by atoms with Crippen molar-refractivity contribution in [3.63, 3.8) is 0 Å². The van der Waals surface area contributed by atoms with E-state index in [1.54, 1.807) is 12.1 Å². The summed E-state index contributed by atoms with van der Waals surface area (Å²) in [6, 6.07) is 7.26. The first-order valence-corrected chi connectivity index (χ1v) is 8.47. The number of aromatic carboxylic acids is 1. The molecule has 9 nitrogen and oxygen atoms in total. The van der Waals surface area contributed by atoms with E-state index in [1.165, 1.54) is 4.40 Å². The van der Waals surface area contributed by atoms with E-state index in [-0.39, 0.29) is 5.78 Å². The minimum Gasteiger partial charge on any atom is -0.501 e. The lowest BCUT2D eigenvalue weighted by atomic mass is 10.3. The molecule has 2 aromatic heterocycles. The highest BCUT2D eigenvalue weighted by Gasteiger charge is 2.22. The number of hydrogen-bond acceptors (Lipinski definition) is 6. The molecular weight excluding hydrogens is 338 g/mol. The Kier molecular flexibility index (Phi) is 4.09. The highest BCUT2D eigenvalue weighted by Crippen LogP contribution is 2.21. The van der Waals surface area contributed by atoms with Crippen molar-refractivity contribution in [1.82, 2.24) is 24.2 Å². The third-order valence-electron chi connectivity index (χ3n) is 4.75. The van der Waals surface area contributed by atoms with E-state index in [1.807, 2.05) is 16.7 Å². The minimum absolute atomic E-state index is 0.224. The highest BCUT2D eigenvalue weighted by molar-refractivity contribution is 5.90. The number of para-hydroxylation sites is 2. The van der Waals surface area contributed by atoms with Crippen molar-refractivity contribution >= 4 is 22.8 Å². The van der Waals surface area contributed by atoms with Gasteiger partial charge >= 0.3 is 11.5 Å². The predicted octanol–water partition coefficient (Wildman–Crippen LogP) is -0.0418. The smallest absolute Gasteiger partial charge is 0.358 e. The number of benzene rings is 1. The van der Waals surface area contributed by atoms with Gasteiger partial charge in [0, 0.05) is 39.3 Å². The van der Waals surface area contributed by atoms with Crippen molar-refractivity contribution in [2.24, 2.45) is 0 Å². The van der Waals surface area contributed by atoms with Crippen LogP contribution in [-0.4, -0.2) is 67.8 Å². The van der Waals surface area contributed by atoms with Crippen LogP contribution in [0.15, 0.2) is 29.1 Å². The summed E-state index contributed by atoms with van der Waals surface area (Å²) in [7, 11) is 0. The van der Waals surface area contributed by atoms with E-state index < -0.39 is 23.0 Å². The van der Waals surface area contributed by atoms with Crippen molar-refractivity contribution in [2.45, 2.75) is 6.54 Å². The number of carboxylic acids is 1. The second-order valence-corrected chi connectivity index (χ2v) is 6.29. The second kappa shape index (κ2) is 6.43. The van der Waals surface area contributed by atoms with Crippen LogP contribution in [0, 0.1) is 0 Å². The second-order valence-electron chi connectivity index (χ2n) is 6.29. The van der Waals surface area contributed by atoms with Gasteiger partial charge in [-0.1, -0.05) is 12.1 Å². The first kappa shape index (κ1) is 16.6. The van der Waals surface area contributed by atoms with Crippen molar-refractivity contribution in [1.29, 1.82) is 0 Å². The van der Waals surface area contributed by atoms with E-state index in [9.17, 15) is 19.8 Å². The van der Waals surface area contributed by atoms with Crippen LogP contribution in [0.4, 0.5) is 0 Å². The normalized spacial score (nSPS) is 15.7. The van der Waals surface area contributed by atoms with Crippen LogP contribution in [0.25, 0.3) is 16.8 Å². The van der Waals surface area contributed by atoms with Crippen molar-refractivity contribution in [3.05, 3.63) is 40.3 Å². The third kappa shape index (κ3) is 2.61. The summed E-state index contributed by atoms with van der Waals surface area (Å²) in [5.41, 5.74) is -0.0347. The molecule has 3 aromatic rings. The van der Waals surface area contributed by atoms with Gasteiger partial charge in [0.15, 0.2) is 5.69 Å². The molecule has 4 rings (SSSR count). The Bertz CT molecular complexity index is 1050. The Balaban J connectivity index is 1.88. The lowest BCUT2D eigenvalue weighted by molar-refractivity contribution is 0.0686. The molecule has 0 atom stereocenters. The first-order chi connectivity index (χ1) is 12.6. The standard InChI is InChI=1S/C17H19N5O4/c23-14-13(16(25)26)19-17-21(10-9-20-7-5-18-6-8-20)11-3-1-2-4-12(11)22(17)15(14)24/h1-4,18,23H,5-10H2,(H,25,26). The van der Waals surface area contributed by atoms with Gasteiger partial charge in [-0.25, -0.2) is 14.2 Å². The average molecular weight is 357 g/mol. The van der Waals surface area contributed by atoms with Crippen LogP contribution < -0.4 is 10.9 Å². The predicted molar refractivity (Wildman–Crippen MR) is 94.9 cm³/mol. The van der Waals surface area contributed by atoms with Crippen LogP contribution in [0.2, 0.25) is 0 Å². The van der Waals surface area contributed by atoms with Gasteiger partial charge in [-0.15, -0.1) is 0 Å². The summed E-state index contributed by atoms with van der Waals surface area (Å²) in [6.07, 6.45) is 0. The molecule has 0 radical (unpaired) electrons. The molecule has 0 unspecified atom stereocenters. The fraction of sp³-hybridized carbons (Fsp3) is 0.353. The Morgan fingerprint density at radius 1 is 1.15 bits per heavy atom. The third-order valence-corrected chi connectivity index (χ3v) is 4.75. The van der Waals surface area contributed by atoms with Gasteiger partial charge in [0.2, 0.25) is 11.5 Å².